The average Bonchev–Trinajstić information content (AvgIpc) is 2.27. The molecule has 0 aromatic heterocycles. The van der Waals surface area contributed by atoms with Gasteiger partial charge >= 0.3 is 5.97 Å². The van der Waals surface area contributed by atoms with Crippen molar-refractivity contribution in [2.45, 2.75) is 18.4 Å². The molecule has 0 amide bonds. The summed E-state index contributed by atoms with van der Waals surface area (Å²) in [4.78, 5) is 21.6. The number of aliphatic hydroxyl groups excluding tert-OH is 1. The Morgan fingerprint density at radius 3 is 2.47 bits per heavy atom. The van der Waals surface area contributed by atoms with E-state index in [0.29, 0.717) is 0 Å². The van der Waals surface area contributed by atoms with Crippen molar-refractivity contribution in [3.63, 3.8) is 0 Å². The highest BCUT2D eigenvalue weighted by Crippen LogP contribution is 2.26. The van der Waals surface area contributed by atoms with Gasteiger partial charge in [0.1, 0.15) is 11.2 Å². The Balaban J connectivity index is 3.19. The first-order valence-electron chi connectivity index (χ1n) is 4.69. The molecule has 92 valence electrons. The van der Waals surface area contributed by atoms with Gasteiger partial charge in [0.15, 0.2) is 11.9 Å². The smallest absolute Gasteiger partial charge is 0.337 e. The molecule has 2 N–H and O–H groups in total. The summed E-state index contributed by atoms with van der Waals surface area (Å²) in [6.07, 6.45) is -1.98. The van der Waals surface area contributed by atoms with Crippen LogP contribution in [0.1, 0.15) is 29.5 Å². The van der Waals surface area contributed by atoms with E-state index in [4.69, 9.17) is 16.7 Å². The van der Waals surface area contributed by atoms with E-state index in [1.807, 2.05) is 0 Å². The number of aliphatic hydroxyl groups is 1. The number of alkyl halides is 1. The van der Waals surface area contributed by atoms with Crippen LogP contribution in [0, 0.1) is 5.82 Å². The van der Waals surface area contributed by atoms with Crippen molar-refractivity contribution in [2.24, 2.45) is 0 Å². The molecule has 17 heavy (non-hydrogen) atoms. The van der Waals surface area contributed by atoms with Crippen LogP contribution >= 0.6 is 11.6 Å². The lowest BCUT2D eigenvalue weighted by Crippen LogP contribution is -2.13. The molecule has 0 fully saturated rings. The van der Waals surface area contributed by atoms with E-state index in [0.717, 1.165) is 12.1 Å². The highest BCUT2D eigenvalue weighted by atomic mass is 35.5. The SMILES string of the molecule is CC(=O)C(Cl)c1ccc(F)c(C(O)C(=O)O)c1. The molecule has 1 aromatic rings. The van der Waals surface area contributed by atoms with Gasteiger partial charge in [0.2, 0.25) is 0 Å². The first kappa shape index (κ1) is 13.6. The number of halogens is 2. The van der Waals surface area contributed by atoms with E-state index in [9.17, 15) is 19.1 Å². The summed E-state index contributed by atoms with van der Waals surface area (Å²) in [6, 6.07) is 3.31. The fourth-order valence-electron chi connectivity index (χ4n) is 1.30. The third kappa shape index (κ3) is 3.01. The van der Waals surface area contributed by atoms with Crippen LogP contribution in [-0.2, 0) is 9.59 Å². The molecule has 0 bridgehead atoms. The van der Waals surface area contributed by atoms with Gasteiger partial charge in [-0.3, -0.25) is 4.79 Å². The van der Waals surface area contributed by atoms with Gasteiger partial charge < -0.3 is 10.2 Å². The number of rotatable bonds is 4. The number of carbonyl (C=O) groups is 2. The van der Waals surface area contributed by atoms with Crippen molar-refractivity contribution in [1.29, 1.82) is 0 Å². The lowest BCUT2D eigenvalue weighted by Gasteiger charge is -2.11. The quantitative estimate of drug-likeness (QED) is 0.810. The molecule has 0 saturated carbocycles. The van der Waals surface area contributed by atoms with E-state index >= 15 is 0 Å². The lowest BCUT2D eigenvalue weighted by atomic mass is 10.0. The van der Waals surface area contributed by atoms with E-state index < -0.39 is 28.8 Å². The van der Waals surface area contributed by atoms with Gasteiger partial charge in [-0.1, -0.05) is 6.07 Å². The van der Waals surface area contributed by atoms with Gasteiger partial charge in [-0.15, -0.1) is 11.6 Å². The summed E-state index contributed by atoms with van der Waals surface area (Å²) in [5, 5.41) is 16.8. The van der Waals surface area contributed by atoms with Crippen molar-refractivity contribution in [1.82, 2.24) is 0 Å². The molecule has 0 spiro atoms. The zero-order valence-electron chi connectivity index (χ0n) is 8.85. The topological polar surface area (TPSA) is 74.6 Å². The molecular formula is C11H10ClFO4. The Morgan fingerprint density at radius 1 is 1.41 bits per heavy atom. The van der Waals surface area contributed by atoms with Crippen molar-refractivity contribution < 1.29 is 24.2 Å². The van der Waals surface area contributed by atoms with E-state index in [1.165, 1.54) is 13.0 Å². The highest BCUT2D eigenvalue weighted by Gasteiger charge is 2.22. The van der Waals surface area contributed by atoms with Gasteiger partial charge in [-0.25, -0.2) is 9.18 Å². The molecule has 1 aromatic carbocycles. The third-order valence-corrected chi connectivity index (χ3v) is 2.76. The fraction of sp³-hybridized carbons (Fsp3) is 0.273. The molecule has 2 atom stereocenters. The van der Waals surface area contributed by atoms with Crippen molar-refractivity contribution in [2.75, 3.05) is 0 Å². The maximum Gasteiger partial charge on any atom is 0.337 e. The molecule has 0 aliphatic heterocycles. The van der Waals surface area contributed by atoms with Crippen molar-refractivity contribution >= 4 is 23.4 Å². The Labute approximate surface area is 102 Å². The van der Waals surface area contributed by atoms with E-state index in [-0.39, 0.29) is 11.3 Å². The van der Waals surface area contributed by atoms with Crippen LogP contribution in [0.15, 0.2) is 18.2 Å². The van der Waals surface area contributed by atoms with Crippen LogP contribution in [0.2, 0.25) is 0 Å². The lowest BCUT2D eigenvalue weighted by molar-refractivity contribution is -0.147. The monoisotopic (exact) mass is 260 g/mol. The number of hydrogen-bond acceptors (Lipinski definition) is 3. The second kappa shape index (κ2) is 5.25. The van der Waals surface area contributed by atoms with Gasteiger partial charge in [0.05, 0.1) is 0 Å². The Hall–Kier alpha value is -1.46. The summed E-state index contributed by atoms with van der Waals surface area (Å²) in [5.74, 6) is -2.79. The summed E-state index contributed by atoms with van der Waals surface area (Å²) >= 11 is 5.75. The molecule has 0 radical (unpaired) electrons. The molecule has 0 aliphatic carbocycles. The van der Waals surface area contributed by atoms with E-state index in [2.05, 4.69) is 0 Å². The van der Waals surface area contributed by atoms with Gasteiger partial charge in [-0.05, 0) is 24.6 Å². The molecule has 2 unspecified atom stereocenters. The minimum absolute atomic E-state index is 0.246. The third-order valence-electron chi connectivity index (χ3n) is 2.20. The summed E-state index contributed by atoms with van der Waals surface area (Å²) in [7, 11) is 0. The van der Waals surface area contributed by atoms with Crippen molar-refractivity contribution in [3.8, 4) is 0 Å². The van der Waals surface area contributed by atoms with Gasteiger partial charge in [0.25, 0.3) is 0 Å². The molecular weight excluding hydrogens is 251 g/mol. The number of carboxylic acid groups (broad SMARTS) is 1. The Bertz CT molecular complexity index is 461. The average molecular weight is 261 g/mol. The summed E-state index contributed by atoms with van der Waals surface area (Å²) < 4.78 is 13.3. The van der Waals surface area contributed by atoms with Crippen LogP contribution < -0.4 is 0 Å². The molecule has 4 nitrogen and oxygen atoms in total. The summed E-state index contributed by atoms with van der Waals surface area (Å²) in [5.41, 5.74) is -0.169. The van der Waals surface area contributed by atoms with Crippen LogP contribution in [0.5, 0.6) is 0 Å². The Morgan fingerprint density at radius 2 is 2.00 bits per heavy atom. The fourth-order valence-corrected chi connectivity index (χ4v) is 1.43. The number of ketones is 1. The number of Topliss-reactive ketones (excluding diaryl/α,β-unsaturated/α-hetero) is 1. The number of hydrogen-bond donors (Lipinski definition) is 2. The normalized spacial score (nSPS) is 14.1. The standard InChI is InChI=1S/C11H10ClFO4/c1-5(14)9(12)6-2-3-8(13)7(4-6)10(15)11(16)17/h2-4,9-10,15H,1H3,(H,16,17). The number of carboxylic acids is 1. The minimum Gasteiger partial charge on any atom is -0.479 e. The van der Waals surface area contributed by atoms with Gasteiger partial charge in [0, 0.05) is 5.56 Å². The zero-order valence-corrected chi connectivity index (χ0v) is 9.61. The molecule has 0 heterocycles. The number of aliphatic carboxylic acids is 1. The number of carbonyl (C=O) groups excluding carboxylic acids is 1. The Kier molecular flexibility index (Phi) is 4.20. The maximum atomic E-state index is 13.3. The van der Waals surface area contributed by atoms with E-state index in [1.54, 1.807) is 0 Å². The zero-order chi connectivity index (χ0) is 13.2. The summed E-state index contributed by atoms with van der Waals surface area (Å²) in [6.45, 7) is 1.26. The first-order valence-corrected chi connectivity index (χ1v) is 5.13. The molecule has 1 rings (SSSR count). The predicted molar refractivity (Wildman–Crippen MR) is 58.3 cm³/mol. The maximum absolute atomic E-state index is 13.3. The largest absolute Gasteiger partial charge is 0.479 e. The highest BCUT2D eigenvalue weighted by molar-refractivity contribution is 6.30. The van der Waals surface area contributed by atoms with Crippen molar-refractivity contribution in [3.05, 3.63) is 35.1 Å². The van der Waals surface area contributed by atoms with Crippen LogP contribution in [0.3, 0.4) is 0 Å². The van der Waals surface area contributed by atoms with Gasteiger partial charge in [-0.2, -0.15) is 0 Å². The van der Waals surface area contributed by atoms with Crippen LogP contribution in [0.4, 0.5) is 4.39 Å². The van der Waals surface area contributed by atoms with Crippen LogP contribution in [-0.4, -0.2) is 22.0 Å². The molecule has 6 heteroatoms. The molecule has 0 saturated heterocycles. The van der Waals surface area contributed by atoms with Crippen LogP contribution in [0.25, 0.3) is 0 Å². The minimum atomic E-state index is -1.98. The second-order valence-electron chi connectivity index (χ2n) is 3.49. The first-order chi connectivity index (χ1) is 7.84. The number of benzene rings is 1. The second-order valence-corrected chi connectivity index (χ2v) is 3.93. The molecule has 0 aliphatic rings. The predicted octanol–water partition coefficient (Wildman–Crippen LogP) is 1.81.